The van der Waals surface area contributed by atoms with Crippen LogP contribution in [0.1, 0.15) is 38.7 Å². The van der Waals surface area contributed by atoms with Gasteiger partial charge in [0.1, 0.15) is 0 Å². The summed E-state index contributed by atoms with van der Waals surface area (Å²) in [5.41, 5.74) is 3.47. The van der Waals surface area contributed by atoms with E-state index in [2.05, 4.69) is 44.2 Å². The summed E-state index contributed by atoms with van der Waals surface area (Å²) in [6, 6.07) is 10.4. The van der Waals surface area contributed by atoms with Crippen molar-refractivity contribution < 1.29 is 4.74 Å². The van der Waals surface area contributed by atoms with E-state index in [0.717, 1.165) is 31.5 Å². The Morgan fingerprint density at radius 2 is 2.00 bits per heavy atom. The molecule has 0 aliphatic heterocycles. The van der Waals surface area contributed by atoms with Crippen molar-refractivity contribution in [3.8, 4) is 0 Å². The van der Waals surface area contributed by atoms with Crippen LogP contribution in [-0.4, -0.2) is 6.61 Å². The van der Waals surface area contributed by atoms with E-state index in [0.29, 0.717) is 5.41 Å². The molecule has 3 aliphatic rings. The Bertz CT molecular complexity index is 458. The lowest BCUT2D eigenvalue weighted by Gasteiger charge is -2.56. The monoisotopic (exact) mass is 256 g/mol. The zero-order valence-electron chi connectivity index (χ0n) is 12.1. The molecular formula is C18H24O. The SMILES string of the molecule is CC1(C)[C@H]2CC=C(CCOCc3ccccc3)[C@@H]1C2. The highest BCUT2D eigenvalue weighted by Crippen LogP contribution is 2.59. The number of fused-ring (bicyclic) bond motifs is 1. The molecule has 4 rings (SSSR count). The summed E-state index contributed by atoms with van der Waals surface area (Å²) in [5.74, 6) is 1.76. The first-order chi connectivity index (χ1) is 9.18. The second-order valence-corrected chi connectivity index (χ2v) is 6.61. The van der Waals surface area contributed by atoms with Gasteiger partial charge in [-0.3, -0.25) is 0 Å². The van der Waals surface area contributed by atoms with Crippen molar-refractivity contribution in [2.75, 3.05) is 6.61 Å². The molecule has 1 nitrogen and oxygen atoms in total. The van der Waals surface area contributed by atoms with Gasteiger partial charge >= 0.3 is 0 Å². The fourth-order valence-corrected chi connectivity index (χ4v) is 3.71. The van der Waals surface area contributed by atoms with Crippen LogP contribution >= 0.6 is 0 Å². The average Bonchev–Trinajstić information content (AvgIpc) is 2.45. The minimum absolute atomic E-state index is 0.545. The van der Waals surface area contributed by atoms with Crippen LogP contribution in [-0.2, 0) is 11.3 Å². The normalized spacial score (nSPS) is 27.6. The van der Waals surface area contributed by atoms with Crippen molar-refractivity contribution in [2.24, 2.45) is 17.3 Å². The number of ether oxygens (including phenoxy) is 1. The highest BCUT2D eigenvalue weighted by Gasteiger charge is 2.50. The molecular weight excluding hydrogens is 232 g/mol. The van der Waals surface area contributed by atoms with E-state index in [9.17, 15) is 0 Å². The summed E-state index contributed by atoms with van der Waals surface area (Å²) < 4.78 is 5.82. The molecule has 0 unspecified atom stereocenters. The van der Waals surface area contributed by atoms with Crippen LogP contribution in [0.2, 0.25) is 0 Å². The minimum atomic E-state index is 0.545. The lowest BCUT2D eigenvalue weighted by Crippen LogP contribution is -2.48. The van der Waals surface area contributed by atoms with Crippen molar-refractivity contribution in [1.29, 1.82) is 0 Å². The largest absolute Gasteiger partial charge is 0.376 e. The number of allylic oxidation sites excluding steroid dienone is 1. The third kappa shape index (κ3) is 2.49. The molecule has 2 bridgehead atoms. The maximum Gasteiger partial charge on any atom is 0.0717 e. The molecule has 0 heterocycles. The maximum absolute atomic E-state index is 5.82. The molecule has 1 aromatic carbocycles. The van der Waals surface area contributed by atoms with Gasteiger partial charge in [-0.05, 0) is 42.1 Å². The molecule has 0 amide bonds. The summed E-state index contributed by atoms with van der Waals surface area (Å²) in [5, 5.41) is 0. The zero-order chi connectivity index (χ0) is 13.3. The molecule has 1 saturated carbocycles. The molecule has 3 aliphatic carbocycles. The van der Waals surface area contributed by atoms with Gasteiger partial charge in [-0.1, -0.05) is 55.8 Å². The second-order valence-electron chi connectivity index (χ2n) is 6.61. The summed E-state index contributed by atoms with van der Waals surface area (Å²) in [6.07, 6.45) is 6.30. The third-order valence-corrected chi connectivity index (χ3v) is 5.23. The Kier molecular flexibility index (Phi) is 3.49. The first-order valence-corrected chi connectivity index (χ1v) is 7.48. The molecule has 102 valence electrons. The van der Waals surface area contributed by atoms with Crippen molar-refractivity contribution in [3.63, 3.8) is 0 Å². The van der Waals surface area contributed by atoms with Crippen LogP contribution in [0.4, 0.5) is 0 Å². The number of rotatable bonds is 5. The molecule has 2 atom stereocenters. The van der Waals surface area contributed by atoms with E-state index >= 15 is 0 Å². The minimum Gasteiger partial charge on any atom is -0.376 e. The first-order valence-electron chi connectivity index (χ1n) is 7.48. The van der Waals surface area contributed by atoms with Gasteiger partial charge in [0.25, 0.3) is 0 Å². The Balaban J connectivity index is 1.45. The number of benzene rings is 1. The van der Waals surface area contributed by atoms with Crippen LogP contribution in [0.15, 0.2) is 42.0 Å². The standard InChI is InChI=1S/C18H24O/c1-18(2)16-9-8-15(17(18)12-16)10-11-19-13-14-6-4-3-5-7-14/h3-8,16-17H,9-13H2,1-2H3/t16-,17-/m0/s1. The molecule has 0 saturated heterocycles. The Hall–Kier alpha value is -1.08. The highest BCUT2D eigenvalue weighted by molar-refractivity contribution is 5.23. The van der Waals surface area contributed by atoms with Crippen LogP contribution in [0, 0.1) is 17.3 Å². The van der Waals surface area contributed by atoms with E-state index in [1.165, 1.54) is 18.4 Å². The van der Waals surface area contributed by atoms with Gasteiger partial charge in [-0.25, -0.2) is 0 Å². The van der Waals surface area contributed by atoms with Crippen molar-refractivity contribution in [2.45, 2.75) is 39.7 Å². The predicted octanol–water partition coefficient (Wildman–Crippen LogP) is 4.59. The third-order valence-electron chi connectivity index (χ3n) is 5.23. The fourth-order valence-electron chi connectivity index (χ4n) is 3.71. The van der Waals surface area contributed by atoms with Gasteiger partial charge in [0.05, 0.1) is 13.2 Å². The predicted molar refractivity (Wildman–Crippen MR) is 78.8 cm³/mol. The van der Waals surface area contributed by atoms with Crippen LogP contribution < -0.4 is 0 Å². The summed E-state index contributed by atoms with van der Waals surface area (Å²) in [6.45, 7) is 6.47. The van der Waals surface area contributed by atoms with Crippen LogP contribution in [0.25, 0.3) is 0 Å². The molecule has 1 aromatic rings. The molecule has 19 heavy (non-hydrogen) atoms. The Morgan fingerprint density at radius 1 is 1.21 bits per heavy atom. The van der Waals surface area contributed by atoms with E-state index in [-0.39, 0.29) is 0 Å². The molecule has 0 aromatic heterocycles. The van der Waals surface area contributed by atoms with Gasteiger partial charge in [-0.2, -0.15) is 0 Å². The van der Waals surface area contributed by atoms with Gasteiger partial charge in [-0.15, -0.1) is 0 Å². The summed E-state index contributed by atoms with van der Waals surface area (Å²) in [7, 11) is 0. The molecule has 1 fully saturated rings. The molecule has 1 heteroatoms. The van der Waals surface area contributed by atoms with Gasteiger partial charge < -0.3 is 4.74 Å². The summed E-state index contributed by atoms with van der Waals surface area (Å²) in [4.78, 5) is 0. The molecule has 0 spiro atoms. The number of hydrogen-bond acceptors (Lipinski definition) is 1. The van der Waals surface area contributed by atoms with Crippen LogP contribution in [0.3, 0.4) is 0 Å². The first kappa shape index (κ1) is 12.9. The van der Waals surface area contributed by atoms with Gasteiger partial charge in [0.15, 0.2) is 0 Å². The van der Waals surface area contributed by atoms with Crippen molar-refractivity contribution in [1.82, 2.24) is 0 Å². The smallest absolute Gasteiger partial charge is 0.0717 e. The average molecular weight is 256 g/mol. The van der Waals surface area contributed by atoms with Crippen molar-refractivity contribution >= 4 is 0 Å². The van der Waals surface area contributed by atoms with E-state index in [4.69, 9.17) is 4.74 Å². The maximum atomic E-state index is 5.82. The lowest BCUT2D eigenvalue weighted by molar-refractivity contribution is -0.0112. The zero-order valence-corrected chi connectivity index (χ0v) is 12.1. The van der Waals surface area contributed by atoms with Crippen LogP contribution in [0.5, 0.6) is 0 Å². The topological polar surface area (TPSA) is 9.23 Å². The highest BCUT2D eigenvalue weighted by atomic mass is 16.5. The Labute approximate surface area is 116 Å². The molecule has 0 radical (unpaired) electrons. The van der Waals surface area contributed by atoms with Crippen molar-refractivity contribution in [3.05, 3.63) is 47.5 Å². The molecule has 0 N–H and O–H groups in total. The van der Waals surface area contributed by atoms with Gasteiger partial charge in [0.2, 0.25) is 0 Å². The van der Waals surface area contributed by atoms with Gasteiger partial charge in [0, 0.05) is 0 Å². The lowest BCUT2D eigenvalue weighted by atomic mass is 9.48. The second kappa shape index (κ2) is 5.13. The Morgan fingerprint density at radius 3 is 2.68 bits per heavy atom. The fraction of sp³-hybridized carbons (Fsp3) is 0.556. The van der Waals surface area contributed by atoms with E-state index in [1.54, 1.807) is 5.57 Å². The quantitative estimate of drug-likeness (QED) is 0.553. The van der Waals surface area contributed by atoms with E-state index in [1.807, 2.05) is 6.07 Å². The summed E-state index contributed by atoms with van der Waals surface area (Å²) >= 11 is 0. The van der Waals surface area contributed by atoms with E-state index < -0.39 is 0 Å². The number of hydrogen-bond donors (Lipinski definition) is 0.